The van der Waals surface area contributed by atoms with Crippen LogP contribution in [0.1, 0.15) is 36.1 Å². The van der Waals surface area contributed by atoms with Gasteiger partial charge in [0.15, 0.2) is 0 Å². The summed E-state index contributed by atoms with van der Waals surface area (Å²) in [6, 6.07) is 110. The van der Waals surface area contributed by atoms with Crippen molar-refractivity contribution in [3.8, 4) is 33.4 Å². The average molecular weight is 1160 g/mol. The van der Waals surface area contributed by atoms with Gasteiger partial charge in [-0.3, -0.25) is 0 Å². The SMILES string of the molecule is C=Cc1ccc(-c2ccc(N(c3ccc4sc5cc(-c6cc(N(c7ccccc7)c7ccc8c(c7)C(C)(C)c7cc(C=C)ccc7-8)cc7ccccc67)ccc5c4c3)c3cc4ccccc4cc3N(c3ccccc3)c3ccc4ccccc4c3)cc2)cc1. The molecule has 0 aliphatic heterocycles. The van der Waals surface area contributed by atoms with Gasteiger partial charge in [-0.2, -0.15) is 0 Å². The average Bonchev–Trinajstić information content (AvgIpc) is 1.73. The van der Waals surface area contributed by atoms with Crippen LogP contribution in [0.25, 0.3) is 98.0 Å². The van der Waals surface area contributed by atoms with Crippen molar-refractivity contribution in [3.63, 3.8) is 0 Å². The van der Waals surface area contributed by atoms with E-state index in [4.69, 9.17) is 0 Å². The minimum Gasteiger partial charge on any atom is -0.310 e. The van der Waals surface area contributed by atoms with Gasteiger partial charge in [-0.15, -0.1) is 11.3 Å². The summed E-state index contributed by atoms with van der Waals surface area (Å²) >= 11 is 1.86. The van der Waals surface area contributed by atoms with Crippen LogP contribution in [-0.4, -0.2) is 0 Å². The highest BCUT2D eigenvalue weighted by atomic mass is 32.1. The van der Waals surface area contributed by atoms with Gasteiger partial charge < -0.3 is 14.7 Å². The van der Waals surface area contributed by atoms with Crippen molar-refractivity contribution < 1.29 is 0 Å². The molecule has 422 valence electrons. The standard InChI is InChI=1S/C85H61N3S/c1-5-56-29-32-59(33-30-56)60-34-38-68(39-35-60)88(82-51-63-22-16-15-21-62(63)50-81(82)87(67-26-11-8-12-27-67)69-40-36-58-19-13-14-20-61(58)48-69)70-42-46-83-78(53-70)76-44-37-65(52-84(76)89-83)77-54-72(49-64-23-17-18-28-73(64)77)86(66-24-9-7-10-25-66)71-41-45-75-74-43-31-57(6-2)47-79(74)85(3,4)80(75)55-71/h5-55H,1-2H2,3-4H3. The van der Waals surface area contributed by atoms with Crippen LogP contribution in [-0.2, 0) is 5.41 Å². The molecule has 0 atom stereocenters. The van der Waals surface area contributed by atoms with E-state index < -0.39 is 0 Å². The van der Waals surface area contributed by atoms with Crippen LogP contribution in [0.15, 0.2) is 310 Å². The smallest absolute Gasteiger partial charge is 0.0708 e. The first-order valence-electron chi connectivity index (χ1n) is 30.5. The Balaban J connectivity index is 0.851. The van der Waals surface area contributed by atoms with Gasteiger partial charge in [0.2, 0.25) is 0 Å². The highest BCUT2D eigenvalue weighted by Gasteiger charge is 2.36. The van der Waals surface area contributed by atoms with Crippen LogP contribution in [0.5, 0.6) is 0 Å². The minimum atomic E-state index is -0.193. The maximum absolute atomic E-state index is 4.10. The molecule has 0 bridgehead atoms. The zero-order chi connectivity index (χ0) is 59.7. The number of rotatable bonds is 13. The van der Waals surface area contributed by atoms with Gasteiger partial charge in [0.1, 0.15) is 0 Å². The molecule has 89 heavy (non-hydrogen) atoms. The van der Waals surface area contributed by atoms with Crippen LogP contribution < -0.4 is 14.7 Å². The van der Waals surface area contributed by atoms with Crippen molar-refractivity contribution in [2.75, 3.05) is 14.7 Å². The summed E-state index contributed by atoms with van der Waals surface area (Å²) in [6.45, 7) is 12.8. The fourth-order valence-corrected chi connectivity index (χ4v) is 14.8. The molecule has 1 heterocycles. The number of benzene rings is 14. The molecule has 0 saturated carbocycles. The van der Waals surface area contributed by atoms with Crippen molar-refractivity contribution >= 4 is 127 Å². The molecule has 1 aliphatic rings. The predicted octanol–water partition coefficient (Wildman–Crippen LogP) is 24.8. The van der Waals surface area contributed by atoms with Crippen molar-refractivity contribution in [1.29, 1.82) is 0 Å². The van der Waals surface area contributed by atoms with E-state index in [0.29, 0.717) is 0 Å². The van der Waals surface area contributed by atoms with Crippen molar-refractivity contribution in [1.82, 2.24) is 0 Å². The minimum absolute atomic E-state index is 0.193. The Morgan fingerprint density at radius 3 is 1.45 bits per heavy atom. The van der Waals surface area contributed by atoms with E-state index in [1.54, 1.807) is 0 Å². The third-order valence-electron chi connectivity index (χ3n) is 18.3. The third-order valence-corrected chi connectivity index (χ3v) is 19.4. The van der Waals surface area contributed by atoms with E-state index in [9.17, 15) is 0 Å². The first-order valence-corrected chi connectivity index (χ1v) is 31.3. The van der Waals surface area contributed by atoms with E-state index >= 15 is 0 Å². The number of hydrogen-bond acceptors (Lipinski definition) is 4. The van der Waals surface area contributed by atoms with Crippen LogP contribution >= 0.6 is 11.3 Å². The zero-order valence-corrected chi connectivity index (χ0v) is 50.4. The fourth-order valence-electron chi connectivity index (χ4n) is 13.7. The zero-order valence-electron chi connectivity index (χ0n) is 49.6. The van der Waals surface area contributed by atoms with Crippen LogP contribution in [0, 0.1) is 0 Å². The van der Waals surface area contributed by atoms with Gasteiger partial charge in [-0.05, 0) is 197 Å². The largest absolute Gasteiger partial charge is 0.310 e. The number of nitrogens with zero attached hydrogens (tertiary/aromatic N) is 3. The molecule has 4 heteroatoms. The number of hydrogen-bond donors (Lipinski definition) is 0. The Bertz CT molecular complexity index is 5270. The molecule has 15 aromatic rings. The van der Waals surface area contributed by atoms with Crippen molar-refractivity contribution in [2.45, 2.75) is 19.3 Å². The van der Waals surface area contributed by atoms with E-state index in [0.717, 1.165) is 84.2 Å². The number of para-hydroxylation sites is 2. The quantitative estimate of drug-likeness (QED) is 0.114. The molecule has 14 aromatic carbocycles. The van der Waals surface area contributed by atoms with Crippen molar-refractivity contribution in [3.05, 3.63) is 333 Å². The second kappa shape index (κ2) is 21.7. The van der Waals surface area contributed by atoms with Gasteiger partial charge in [0, 0.05) is 65.4 Å². The molecule has 16 rings (SSSR count). The van der Waals surface area contributed by atoms with Gasteiger partial charge in [-0.1, -0.05) is 227 Å². The summed E-state index contributed by atoms with van der Waals surface area (Å²) < 4.78 is 2.47. The molecular weight excluding hydrogens is 1100 g/mol. The molecule has 0 radical (unpaired) electrons. The van der Waals surface area contributed by atoms with Gasteiger partial charge in [0.05, 0.1) is 11.4 Å². The molecule has 0 N–H and O–H groups in total. The Morgan fingerprint density at radius 2 is 0.775 bits per heavy atom. The number of anilines is 9. The summed E-state index contributed by atoms with van der Waals surface area (Å²) in [7, 11) is 0. The Kier molecular flexibility index (Phi) is 13.0. The lowest BCUT2D eigenvalue weighted by Crippen LogP contribution is -2.17. The maximum atomic E-state index is 4.10. The summed E-state index contributed by atoms with van der Waals surface area (Å²) in [5, 5.41) is 9.54. The van der Waals surface area contributed by atoms with Gasteiger partial charge in [0.25, 0.3) is 0 Å². The highest BCUT2D eigenvalue weighted by Crippen LogP contribution is 2.53. The first kappa shape index (κ1) is 53.4. The van der Waals surface area contributed by atoms with Crippen LogP contribution in [0.3, 0.4) is 0 Å². The summed E-state index contributed by atoms with van der Waals surface area (Å²) in [4.78, 5) is 7.33. The maximum Gasteiger partial charge on any atom is 0.0708 e. The van der Waals surface area contributed by atoms with E-state index in [1.165, 1.54) is 75.1 Å². The van der Waals surface area contributed by atoms with Gasteiger partial charge in [-0.25, -0.2) is 0 Å². The monoisotopic (exact) mass is 1160 g/mol. The molecule has 0 fully saturated rings. The van der Waals surface area contributed by atoms with E-state index in [2.05, 4.69) is 339 Å². The Morgan fingerprint density at radius 1 is 0.292 bits per heavy atom. The van der Waals surface area contributed by atoms with Gasteiger partial charge >= 0.3 is 0 Å². The molecule has 0 saturated heterocycles. The summed E-state index contributed by atoms with van der Waals surface area (Å²) in [5.74, 6) is 0. The van der Waals surface area contributed by atoms with E-state index in [-0.39, 0.29) is 5.41 Å². The highest BCUT2D eigenvalue weighted by molar-refractivity contribution is 7.25. The van der Waals surface area contributed by atoms with Crippen LogP contribution in [0.4, 0.5) is 51.2 Å². The van der Waals surface area contributed by atoms with Crippen molar-refractivity contribution in [2.24, 2.45) is 0 Å². The predicted molar refractivity (Wildman–Crippen MR) is 385 cm³/mol. The molecule has 0 unspecified atom stereocenters. The first-order chi connectivity index (χ1) is 43.7. The molecule has 0 amide bonds. The van der Waals surface area contributed by atoms with E-state index in [1.807, 2.05) is 23.5 Å². The molecule has 1 aliphatic carbocycles. The van der Waals surface area contributed by atoms with Crippen LogP contribution in [0.2, 0.25) is 0 Å². The molecule has 0 spiro atoms. The third kappa shape index (κ3) is 9.36. The number of thiophene rings is 1. The topological polar surface area (TPSA) is 9.72 Å². The lowest BCUT2D eigenvalue weighted by atomic mass is 9.81. The summed E-state index contributed by atoms with van der Waals surface area (Å²) in [6.07, 6.45) is 3.84. The Labute approximate surface area is 523 Å². The molecular formula is C85H61N3S. The molecule has 1 aromatic heterocycles. The lowest BCUT2D eigenvalue weighted by Gasteiger charge is -2.34. The second-order valence-electron chi connectivity index (χ2n) is 23.8. The lowest BCUT2D eigenvalue weighted by molar-refractivity contribution is 0.660. The molecule has 3 nitrogen and oxygen atoms in total. The number of fused-ring (bicyclic) bond motifs is 9. The Hall–Kier alpha value is -11.0. The summed E-state index contributed by atoms with van der Waals surface area (Å²) in [5.41, 5.74) is 21.7. The fraction of sp³-hybridized carbons (Fsp3) is 0.0353. The second-order valence-corrected chi connectivity index (χ2v) is 24.9. The normalized spacial score (nSPS) is 12.3.